The van der Waals surface area contributed by atoms with Gasteiger partial charge in [-0.15, -0.1) is 0 Å². The van der Waals surface area contributed by atoms with Gasteiger partial charge in [0.05, 0.1) is 38.2 Å². The lowest BCUT2D eigenvalue weighted by Crippen LogP contribution is -2.22. The second-order valence-electron chi connectivity index (χ2n) is 6.23. The van der Waals surface area contributed by atoms with Crippen LogP contribution in [-0.4, -0.2) is 64.2 Å². The molecule has 0 bridgehead atoms. The minimum atomic E-state index is -4.10. The third-order valence-electron chi connectivity index (χ3n) is 4.31. The van der Waals surface area contributed by atoms with Crippen molar-refractivity contribution in [3.8, 4) is 28.4 Å². The molecule has 0 radical (unpaired) electrons. The van der Waals surface area contributed by atoms with Crippen LogP contribution in [0.15, 0.2) is 16.6 Å². The lowest BCUT2D eigenvalue weighted by molar-refractivity contribution is 0.0519. The molecule has 1 aromatic heterocycles. The van der Waals surface area contributed by atoms with E-state index in [1.54, 1.807) is 19.1 Å². The molecule has 0 aliphatic rings. The molecule has 1 aromatic carbocycles. The molecule has 1 heterocycles. The van der Waals surface area contributed by atoms with Crippen LogP contribution in [0.1, 0.15) is 23.1 Å². The minimum Gasteiger partial charge on any atom is -0.493 e. The van der Waals surface area contributed by atoms with Gasteiger partial charge in [0.1, 0.15) is 5.69 Å². The first-order valence-corrected chi connectivity index (χ1v) is 11.6. The van der Waals surface area contributed by atoms with E-state index < -0.39 is 21.8 Å². The number of H-pyrrole nitrogens is 1. The SMILES string of the molecule is CCOC(=O)c1[nH]c(CNCCS(=O)(=O)O)c(-c2ccc(OC)c(OC)c2OC)c1Br. The summed E-state index contributed by atoms with van der Waals surface area (Å²) in [5.74, 6) is 0.219. The van der Waals surface area contributed by atoms with Crippen molar-refractivity contribution in [2.24, 2.45) is 0 Å². The Balaban J connectivity index is 2.58. The molecule has 0 saturated heterocycles. The lowest BCUT2D eigenvalue weighted by atomic mass is 10.0. The van der Waals surface area contributed by atoms with Crippen molar-refractivity contribution in [3.63, 3.8) is 0 Å². The van der Waals surface area contributed by atoms with Gasteiger partial charge in [-0.05, 0) is 35.0 Å². The molecule has 0 fully saturated rings. The smallest absolute Gasteiger partial charge is 0.355 e. The summed E-state index contributed by atoms with van der Waals surface area (Å²) in [5, 5.41) is 2.93. The molecule has 10 nitrogen and oxygen atoms in total. The molecule has 0 unspecified atom stereocenters. The van der Waals surface area contributed by atoms with Gasteiger partial charge in [0.15, 0.2) is 11.5 Å². The van der Waals surface area contributed by atoms with Crippen molar-refractivity contribution in [1.29, 1.82) is 0 Å². The predicted molar refractivity (Wildman–Crippen MR) is 118 cm³/mol. The van der Waals surface area contributed by atoms with Gasteiger partial charge in [-0.1, -0.05) is 0 Å². The largest absolute Gasteiger partial charge is 0.493 e. The molecule has 0 aliphatic carbocycles. The third kappa shape index (κ3) is 5.91. The molecule has 172 valence electrons. The Kier molecular flexibility index (Phi) is 8.74. The maximum absolute atomic E-state index is 12.4. The third-order valence-corrected chi connectivity index (χ3v) is 5.82. The number of methoxy groups -OCH3 is 3. The van der Waals surface area contributed by atoms with Crippen LogP contribution in [0.2, 0.25) is 0 Å². The summed E-state index contributed by atoms with van der Waals surface area (Å²) in [4.78, 5) is 15.4. The molecule has 0 spiro atoms. The van der Waals surface area contributed by atoms with E-state index in [1.165, 1.54) is 21.3 Å². The number of aromatic amines is 1. The molecule has 3 N–H and O–H groups in total. The number of aromatic nitrogens is 1. The highest BCUT2D eigenvalue weighted by atomic mass is 79.9. The number of rotatable bonds is 11. The topological polar surface area (TPSA) is 136 Å². The molecule has 0 aliphatic heterocycles. The summed E-state index contributed by atoms with van der Waals surface area (Å²) in [6, 6.07) is 3.46. The fraction of sp³-hybridized carbons (Fsp3) is 0.421. The van der Waals surface area contributed by atoms with Crippen LogP contribution in [0.5, 0.6) is 17.2 Å². The Labute approximate surface area is 189 Å². The summed E-state index contributed by atoms with van der Waals surface area (Å²) in [7, 11) is 0.376. The number of nitrogens with one attached hydrogen (secondary N) is 2. The van der Waals surface area contributed by atoms with E-state index in [1.807, 2.05) is 0 Å². The predicted octanol–water partition coefficient (Wildman–Crippen LogP) is 2.62. The Morgan fingerprint density at radius 3 is 2.39 bits per heavy atom. The van der Waals surface area contributed by atoms with E-state index in [-0.39, 0.29) is 25.4 Å². The van der Waals surface area contributed by atoms with Crippen LogP contribution in [0.3, 0.4) is 0 Å². The van der Waals surface area contributed by atoms with Gasteiger partial charge in [-0.3, -0.25) is 4.55 Å². The molecular weight excluding hydrogens is 496 g/mol. The average molecular weight is 521 g/mol. The van der Waals surface area contributed by atoms with E-state index >= 15 is 0 Å². The van der Waals surface area contributed by atoms with Crippen LogP contribution < -0.4 is 19.5 Å². The van der Waals surface area contributed by atoms with E-state index in [0.717, 1.165) is 0 Å². The standard InChI is InChI=1S/C19H25BrN2O8S/c1-5-30-19(23)16-15(20)14(12(22-16)10-21-8-9-31(24,25)26)11-6-7-13(27-2)18(29-4)17(11)28-3/h6-7,21-22H,5,8-10H2,1-4H3,(H,24,25,26). The number of halogens is 1. The van der Waals surface area contributed by atoms with E-state index in [4.69, 9.17) is 23.5 Å². The van der Waals surface area contributed by atoms with Gasteiger partial charge in [0.2, 0.25) is 5.75 Å². The molecule has 12 heteroatoms. The second-order valence-corrected chi connectivity index (χ2v) is 8.60. The van der Waals surface area contributed by atoms with Gasteiger partial charge in [-0.2, -0.15) is 8.42 Å². The Morgan fingerprint density at radius 2 is 1.84 bits per heavy atom. The first kappa shape index (κ1) is 25.0. The number of carbonyl (C=O) groups excluding carboxylic acids is 1. The zero-order valence-electron chi connectivity index (χ0n) is 17.6. The average Bonchev–Trinajstić information content (AvgIpc) is 3.05. The van der Waals surface area contributed by atoms with Gasteiger partial charge >= 0.3 is 5.97 Å². The highest BCUT2D eigenvalue weighted by Gasteiger charge is 2.27. The van der Waals surface area contributed by atoms with Crippen LogP contribution >= 0.6 is 15.9 Å². The maximum Gasteiger partial charge on any atom is 0.355 e. The Hall–Kier alpha value is -2.28. The maximum atomic E-state index is 12.4. The first-order chi connectivity index (χ1) is 14.7. The van der Waals surface area contributed by atoms with Crippen molar-refractivity contribution < 1.29 is 36.7 Å². The number of ether oxygens (including phenoxy) is 4. The van der Waals surface area contributed by atoms with Gasteiger partial charge in [0, 0.05) is 29.9 Å². The van der Waals surface area contributed by atoms with E-state index in [9.17, 15) is 13.2 Å². The zero-order chi connectivity index (χ0) is 23.2. The van der Waals surface area contributed by atoms with Crippen molar-refractivity contribution in [3.05, 3.63) is 28.0 Å². The van der Waals surface area contributed by atoms with Gasteiger partial charge in [0.25, 0.3) is 10.1 Å². The fourth-order valence-corrected chi connectivity index (χ4v) is 4.11. The van der Waals surface area contributed by atoms with E-state index in [0.29, 0.717) is 38.5 Å². The van der Waals surface area contributed by atoms with E-state index in [2.05, 4.69) is 26.2 Å². The summed E-state index contributed by atoms with van der Waals surface area (Å²) < 4.78 is 52.7. The van der Waals surface area contributed by atoms with Crippen molar-refractivity contribution >= 4 is 32.0 Å². The quantitative estimate of drug-likeness (QED) is 0.232. The molecule has 0 atom stereocenters. The molecule has 0 saturated carbocycles. The number of esters is 1. The van der Waals surface area contributed by atoms with Gasteiger partial charge < -0.3 is 29.2 Å². The highest BCUT2D eigenvalue weighted by molar-refractivity contribution is 9.10. The number of benzene rings is 1. The van der Waals surface area contributed by atoms with Gasteiger partial charge in [-0.25, -0.2) is 4.79 Å². The van der Waals surface area contributed by atoms with Crippen LogP contribution in [-0.2, 0) is 21.4 Å². The lowest BCUT2D eigenvalue weighted by Gasteiger charge is -2.16. The zero-order valence-corrected chi connectivity index (χ0v) is 20.0. The Morgan fingerprint density at radius 1 is 1.16 bits per heavy atom. The monoisotopic (exact) mass is 520 g/mol. The molecule has 31 heavy (non-hydrogen) atoms. The molecule has 2 rings (SSSR count). The highest BCUT2D eigenvalue weighted by Crippen LogP contribution is 2.47. The van der Waals surface area contributed by atoms with Crippen LogP contribution in [0.25, 0.3) is 11.1 Å². The minimum absolute atomic E-state index is 0.00667. The number of carbonyl (C=O) groups is 1. The molecule has 2 aromatic rings. The molecule has 0 amide bonds. The first-order valence-electron chi connectivity index (χ1n) is 9.21. The normalized spacial score (nSPS) is 11.3. The summed E-state index contributed by atoms with van der Waals surface area (Å²) >= 11 is 3.47. The number of hydrogen-bond acceptors (Lipinski definition) is 8. The van der Waals surface area contributed by atoms with Crippen molar-refractivity contribution in [2.45, 2.75) is 13.5 Å². The van der Waals surface area contributed by atoms with Crippen molar-refractivity contribution in [2.75, 3.05) is 40.2 Å². The number of hydrogen-bond donors (Lipinski definition) is 3. The second kappa shape index (κ2) is 10.8. The fourth-order valence-electron chi connectivity index (χ4n) is 3.00. The molecular formula is C19H25BrN2O8S. The summed E-state index contributed by atoms with van der Waals surface area (Å²) in [6.07, 6.45) is 0. The Bertz CT molecular complexity index is 1040. The van der Waals surface area contributed by atoms with Crippen LogP contribution in [0, 0.1) is 0 Å². The summed E-state index contributed by atoms with van der Waals surface area (Å²) in [5.41, 5.74) is 1.96. The van der Waals surface area contributed by atoms with Crippen molar-refractivity contribution in [1.82, 2.24) is 10.3 Å². The van der Waals surface area contributed by atoms with Crippen LogP contribution in [0.4, 0.5) is 0 Å². The summed E-state index contributed by atoms with van der Waals surface area (Å²) in [6.45, 7) is 2.07.